The van der Waals surface area contributed by atoms with E-state index in [0.717, 1.165) is 64.2 Å². The first-order valence-corrected chi connectivity index (χ1v) is 14.9. The molecule has 2 atom stereocenters. The third kappa shape index (κ3) is 5.27. The van der Waals surface area contributed by atoms with Gasteiger partial charge in [0.15, 0.2) is 17.3 Å². The fraction of sp³-hybridized carbons (Fsp3) is 0.750. The molecule has 4 N–H and O–H groups in total. The molecular formula is C28H43FN8O. The molecule has 2 unspecified atom stereocenters. The highest BCUT2D eigenvalue weighted by atomic mass is 19.1. The molecule has 9 nitrogen and oxygen atoms in total. The van der Waals surface area contributed by atoms with Crippen LogP contribution in [-0.2, 0) is 0 Å². The first-order valence-electron chi connectivity index (χ1n) is 14.9. The summed E-state index contributed by atoms with van der Waals surface area (Å²) in [5.41, 5.74) is 6.58. The molecular weight excluding hydrogens is 483 g/mol. The lowest BCUT2D eigenvalue weighted by Gasteiger charge is -2.54. The van der Waals surface area contributed by atoms with Crippen LogP contribution in [0, 0.1) is 5.82 Å². The quantitative estimate of drug-likeness (QED) is 0.563. The minimum Gasteiger partial charge on any atom is -0.381 e. The average molecular weight is 527 g/mol. The van der Waals surface area contributed by atoms with E-state index in [1.165, 1.54) is 68.5 Å². The molecule has 0 aromatic carbocycles. The summed E-state index contributed by atoms with van der Waals surface area (Å²) in [6.07, 6.45) is 16.9. The summed E-state index contributed by atoms with van der Waals surface area (Å²) in [4.78, 5) is 23.4. The first kappa shape index (κ1) is 26.0. The standard InChI is InChI=1S/C28H43FN8O/c29-20-18-31-26-23(25(30)34-37(26)19-20)27(38)33-24-22(36-16-14-35(15-17-36)21-8-9-21)10-13-32-28(24)11-6-4-2-1-3-5-7-12-28/h18-19,21-22,24,32H,1-17H2,(H2,30,34)(H,33,38). The fourth-order valence-electron chi connectivity index (χ4n) is 7.35. The lowest BCUT2D eigenvalue weighted by atomic mass is 9.72. The SMILES string of the molecule is Nc1nn2cc(F)cnc2c1C(=O)NC1C(N2CCN(C3CC3)CC2)CCNC12CCCCCCCCC2. The zero-order valence-electron chi connectivity index (χ0n) is 22.5. The van der Waals surface area contributed by atoms with Crippen molar-refractivity contribution in [3.63, 3.8) is 0 Å². The number of carbonyl (C=O) groups is 1. The van der Waals surface area contributed by atoms with Crippen molar-refractivity contribution in [3.8, 4) is 0 Å². The number of halogens is 1. The Morgan fingerprint density at radius 1 is 1.00 bits per heavy atom. The fourth-order valence-corrected chi connectivity index (χ4v) is 7.35. The van der Waals surface area contributed by atoms with Gasteiger partial charge in [-0.15, -0.1) is 5.10 Å². The number of nitrogen functional groups attached to an aromatic ring is 1. The average Bonchev–Trinajstić information content (AvgIpc) is 3.71. The van der Waals surface area contributed by atoms with E-state index in [4.69, 9.17) is 5.73 Å². The summed E-state index contributed by atoms with van der Waals surface area (Å²) in [6.45, 7) is 5.28. The Kier molecular flexibility index (Phi) is 7.55. The molecule has 208 valence electrons. The third-order valence-electron chi connectivity index (χ3n) is 9.51. The second-order valence-corrected chi connectivity index (χ2v) is 12.0. The number of hydrogen-bond donors (Lipinski definition) is 3. The minimum atomic E-state index is -0.519. The van der Waals surface area contributed by atoms with E-state index >= 15 is 0 Å². The maximum absolute atomic E-state index is 13.9. The van der Waals surface area contributed by atoms with Gasteiger partial charge in [-0.3, -0.25) is 14.6 Å². The largest absolute Gasteiger partial charge is 0.381 e. The number of piperidine rings is 1. The van der Waals surface area contributed by atoms with Gasteiger partial charge in [-0.2, -0.15) is 0 Å². The van der Waals surface area contributed by atoms with Crippen molar-refractivity contribution in [1.82, 2.24) is 35.0 Å². The van der Waals surface area contributed by atoms with E-state index < -0.39 is 5.82 Å². The lowest BCUT2D eigenvalue weighted by molar-refractivity contribution is 0.0178. The van der Waals surface area contributed by atoms with E-state index in [1.54, 1.807) is 0 Å². The Morgan fingerprint density at radius 3 is 2.34 bits per heavy atom. The first-order chi connectivity index (χ1) is 18.5. The Balaban J connectivity index is 1.30. The van der Waals surface area contributed by atoms with Crippen LogP contribution < -0.4 is 16.4 Å². The van der Waals surface area contributed by atoms with Crippen molar-refractivity contribution < 1.29 is 9.18 Å². The van der Waals surface area contributed by atoms with Gasteiger partial charge < -0.3 is 16.4 Å². The molecule has 2 aliphatic carbocycles. The molecule has 2 saturated heterocycles. The summed E-state index contributed by atoms with van der Waals surface area (Å²) in [5, 5.41) is 11.6. The van der Waals surface area contributed by atoms with Crippen LogP contribution in [0.1, 0.15) is 87.4 Å². The van der Waals surface area contributed by atoms with Gasteiger partial charge in [0.1, 0.15) is 5.56 Å². The summed E-state index contributed by atoms with van der Waals surface area (Å²) in [5.74, 6) is -0.698. The van der Waals surface area contributed by atoms with Crippen LogP contribution in [0.15, 0.2) is 12.4 Å². The highest BCUT2D eigenvalue weighted by molar-refractivity contribution is 6.04. The molecule has 2 aromatic rings. The van der Waals surface area contributed by atoms with Gasteiger partial charge in [0.05, 0.1) is 18.4 Å². The number of piperazine rings is 1. The molecule has 0 bridgehead atoms. The van der Waals surface area contributed by atoms with Crippen LogP contribution in [-0.4, -0.2) is 86.7 Å². The summed E-state index contributed by atoms with van der Waals surface area (Å²) < 4.78 is 15.1. The predicted molar refractivity (Wildman–Crippen MR) is 145 cm³/mol. The Bertz CT molecular complexity index is 1120. The second-order valence-electron chi connectivity index (χ2n) is 12.0. The van der Waals surface area contributed by atoms with E-state index in [0.29, 0.717) is 5.65 Å². The molecule has 2 aliphatic heterocycles. The van der Waals surface area contributed by atoms with Gasteiger partial charge in [0.25, 0.3) is 5.91 Å². The number of amides is 1. The topological polar surface area (TPSA) is 104 Å². The van der Waals surface area contributed by atoms with Gasteiger partial charge in [-0.1, -0.05) is 44.9 Å². The molecule has 4 heterocycles. The molecule has 2 saturated carbocycles. The van der Waals surface area contributed by atoms with Gasteiger partial charge in [-0.25, -0.2) is 13.9 Å². The van der Waals surface area contributed by atoms with Crippen molar-refractivity contribution in [1.29, 1.82) is 0 Å². The summed E-state index contributed by atoms with van der Waals surface area (Å²) in [6, 6.07) is 1.00. The molecule has 10 heteroatoms. The van der Waals surface area contributed by atoms with Crippen molar-refractivity contribution >= 4 is 17.4 Å². The Labute approximate surface area is 224 Å². The molecule has 4 fully saturated rings. The zero-order chi connectivity index (χ0) is 26.1. The number of hydrogen-bond acceptors (Lipinski definition) is 7. The molecule has 1 spiro atoms. The van der Waals surface area contributed by atoms with Gasteiger partial charge in [0.2, 0.25) is 0 Å². The summed E-state index contributed by atoms with van der Waals surface area (Å²) >= 11 is 0. The number of rotatable bonds is 4. The van der Waals surface area contributed by atoms with Crippen LogP contribution in [0.2, 0.25) is 0 Å². The van der Waals surface area contributed by atoms with Crippen molar-refractivity contribution in [2.45, 2.75) is 101 Å². The van der Waals surface area contributed by atoms with Gasteiger partial charge in [0, 0.05) is 43.8 Å². The van der Waals surface area contributed by atoms with Crippen molar-refractivity contribution in [2.75, 3.05) is 38.5 Å². The van der Waals surface area contributed by atoms with E-state index in [1.807, 2.05) is 0 Å². The second kappa shape index (κ2) is 11.1. The molecule has 0 radical (unpaired) electrons. The minimum absolute atomic E-state index is 0.0505. The molecule has 1 amide bonds. The number of fused-ring (bicyclic) bond motifs is 1. The van der Waals surface area contributed by atoms with Crippen molar-refractivity contribution in [3.05, 3.63) is 23.8 Å². The van der Waals surface area contributed by atoms with Crippen LogP contribution in [0.25, 0.3) is 5.65 Å². The highest BCUT2D eigenvalue weighted by Crippen LogP contribution is 2.36. The van der Waals surface area contributed by atoms with Crippen LogP contribution in [0.3, 0.4) is 0 Å². The normalized spacial score (nSPS) is 27.9. The maximum atomic E-state index is 13.9. The monoisotopic (exact) mass is 526 g/mol. The number of carbonyl (C=O) groups excluding carboxylic acids is 1. The van der Waals surface area contributed by atoms with E-state index in [-0.39, 0.29) is 34.9 Å². The predicted octanol–water partition coefficient (Wildman–Crippen LogP) is 2.95. The lowest BCUT2D eigenvalue weighted by Crippen LogP contribution is -2.72. The molecule has 38 heavy (non-hydrogen) atoms. The highest BCUT2D eigenvalue weighted by Gasteiger charge is 2.48. The van der Waals surface area contributed by atoms with Gasteiger partial charge >= 0.3 is 0 Å². The smallest absolute Gasteiger partial charge is 0.259 e. The molecule has 6 rings (SSSR count). The molecule has 2 aromatic heterocycles. The number of nitrogens with two attached hydrogens (primary N) is 1. The van der Waals surface area contributed by atoms with Crippen LogP contribution >= 0.6 is 0 Å². The number of nitrogens with zero attached hydrogens (tertiary/aromatic N) is 5. The van der Waals surface area contributed by atoms with Crippen LogP contribution in [0.5, 0.6) is 0 Å². The maximum Gasteiger partial charge on any atom is 0.259 e. The van der Waals surface area contributed by atoms with Crippen molar-refractivity contribution in [2.24, 2.45) is 0 Å². The number of aromatic nitrogens is 3. The van der Waals surface area contributed by atoms with Gasteiger partial charge in [-0.05, 0) is 38.6 Å². The Morgan fingerprint density at radius 2 is 1.66 bits per heavy atom. The third-order valence-corrected chi connectivity index (χ3v) is 9.51. The number of anilines is 1. The Hall–Kier alpha value is -2.30. The van der Waals surface area contributed by atoms with E-state index in [2.05, 4.69) is 30.5 Å². The van der Waals surface area contributed by atoms with Crippen LogP contribution in [0.4, 0.5) is 10.2 Å². The zero-order valence-corrected chi connectivity index (χ0v) is 22.5. The number of nitrogens with one attached hydrogen (secondary N) is 2. The summed E-state index contributed by atoms with van der Waals surface area (Å²) in [7, 11) is 0. The van der Waals surface area contributed by atoms with E-state index in [9.17, 15) is 9.18 Å². The molecule has 4 aliphatic rings.